The summed E-state index contributed by atoms with van der Waals surface area (Å²) in [6.07, 6.45) is 3.76. The molecule has 1 saturated carbocycles. The van der Waals surface area contributed by atoms with E-state index in [9.17, 15) is 0 Å². The Bertz CT molecular complexity index is 375. The predicted octanol–water partition coefficient (Wildman–Crippen LogP) is 2.10. The van der Waals surface area contributed by atoms with Crippen LogP contribution in [-0.2, 0) is 0 Å². The number of hydrogen-bond acceptors (Lipinski definition) is 3. The predicted molar refractivity (Wildman–Crippen MR) is 56.8 cm³/mol. The molecular weight excluding hydrogens is 174 g/mol. The molecule has 0 bridgehead atoms. The maximum atomic E-state index is 8.79. The molecule has 1 aliphatic carbocycles. The lowest BCUT2D eigenvalue weighted by atomic mass is 9.93. The van der Waals surface area contributed by atoms with Gasteiger partial charge in [-0.3, -0.25) is 0 Å². The molecule has 1 aromatic rings. The van der Waals surface area contributed by atoms with Gasteiger partial charge in [0.15, 0.2) is 0 Å². The molecule has 72 valence electrons. The van der Waals surface area contributed by atoms with Crippen LogP contribution in [0, 0.1) is 11.3 Å². The molecule has 3 N–H and O–H groups in total. The zero-order valence-corrected chi connectivity index (χ0v) is 7.96. The largest absolute Gasteiger partial charge is 0.398 e. The van der Waals surface area contributed by atoms with Crippen LogP contribution in [0.15, 0.2) is 18.2 Å². The fraction of sp³-hybridized carbons (Fsp3) is 0.364. The highest BCUT2D eigenvalue weighted by Crippen LogP contribution is 2.24. The van der Waals surface area contributed by atoms with Crippen LogP contribution >= 0.6 is 0 Å². The van der Waals surface area contributed by atoms with E-state index < -0.39 is 0 Å². The summed E-state index contributed by atoms with van der Waals surface area (Å²) >= 11 is 0. The van der Waals surface area contributed by atoms with Crippen molar-refractivity contribution < 1.29 is 0 Å². The van der Waals surface area contributed by atoms with Gasteiger partial charge in [-0.05, 0) is 37.5 Å². The first-order chi connectivity index (χ1) is 6.79. The molecule has 0 radical (unpaired) electrons. The molecule has 0 amide bonds. The van der Waals surface area contributed by atoms with E-state index in [2.05, 4.69) is 11.4 Å². The van der Waals surface area contributed by atoms with Crippen LogP contribution in [0.25, 0.3) is 0 Å². The highest BCUT2D eigenvalue weighted by Gasteiger charge is 2.16. The molecule has 0 aromatic heterocycles. The van der Waals surface area contributed by atoms with Gasteiger partial charge in [0.25, 0.3) is 0 Å². The van der Waals surface area contributed by atoms with Crippen molar-refractivity contribution in [2.75, 3.05) is 11.1 Å². The van der Waals surface area contributed by atoms with E-state index in [1.807, 2.05) is 12.1 Å². The van der Waals surface area contributed by atoms with Gasteiger partial charge in [0.1, 0.15) is 6.07 Å². The third-order valence-electron chi connectivity index (χ3n) is 2.65. The van der Waals surface area contributed by atoms with E-state index in [1.165, 1.54) is 19.3 Å². The number of nitrogens with two attached hydrogens (primary N) is 1. The molecule has 2 rings (SSSR count). The van der Waals surface area contributed by atoms with E-state index in [0.717, 1.165) is 5.69 Å². The summed E-state index contributed by atoms with van der Waals surface area (Å²) in [6, 6.07) is 8.18. The van der Waals surface area contributed by atoms with Gasteiger partial charge in [0, 0.05) is 17.4 Å². The lowest BCUT2D eigenvalue weighted by molar-refractivity contribution is 0.445. The molecule has 0 unspecified atom stereocenters. The quantitative estimate of drug-likeness (QED) is 0.697. The number of nitrogens with one attached hydrogen (secondary N) is 1. The average Bonchev–Trinajstić information content (AvgIpc) is 2.14. The van der Waals surface area contributed by atoms with Crippen molar-refractivity contribution in [3.63, 3.8) is 0 Å². The fourth-order valence-electron chi connectivity index (χ4n) is 1.53. The number of rotatable bonds is 2. The van der Waals surface area contributed by atoms with Crippen molar-refractivity contribution in [3.8, 4) is 6.07 Å². The van der Waals surface area contributed by atoms with Gasteiger partial charge in [-0.1, -0.05) is 0 Å². The summed E-state index contributed by atoms with van der Waals surface area (Å²) in [7, 11) is 0. The van der Waals surface area contributed by atoms with E-state index in [0.29, 0.717) is 17.3 Å². The van der Waals surface area contributed by atoms with Crippen molar-refractivity contribution in [3.05, 3.63) is 23.8 Å². The van der Waals surface area contributed by atoms with Crippen LogP contribution in [0.1, 0.15) is 24.8 Å². The van der Waals surface area contributed by atoms with Crippen LogP contribution in [0.5, 0.6) is 0 Å². The fourth-order valence-corrected chi connectivity index (χ4v) is 1.53. The molecular formula is C11H13N3. The van der Waals surface area contributed by atoms with Crippen molar-refractivity contribution >= 4 is 11.4 Å². The average molecular weight is 187 g/mol. The first kappa shape index (κ1) is 8.89. The van der Waals surface area contributed by atoms with Gasteiger partial charge < -0.3 is 11.1 Å². The molecule has 0 aliphatic heterocycles. The summed E-state index contributed by atoms with van der Waals surface area (Å²) in [5.41, 5.74) is 7.73. The van der Waals surface area contributed by atoms with Gasteiger partial charge in [-0.15, -0.1) is 0 Å². The molecule has 1 aromatic carbocycles. The van der Waals surface area contributed by atoms with E-state index in [1.54, 1.807) is 6.07 Å². The number of benzene rings is 1. The van der Waals surface area contributed by atoms with Gasteiger partial charge in [0.2, 0.25) is 0 Å². The summed E-state index contributed by atoms with van der Waals surface area (Å²) in [5.74, 6) is 0. The second-order valence-corrected chi connectivity index (χ2v) is 3.69. The van der Waals surface area contributed by atoms with Crippen molar-refractivity contribution in [1.82, 2.24) is 0 Å². The smallest absolute Gasteiger partial charge is 0.101 e. The highest BCUT2D eigenvalue weighted by atomic mass is 14.9. The van der Waals surface area contributed by atoms with Crippen LogP contribution in [-0.4, -0.2) is 6.04 Å². The summed E-state index contributed by atoms with van der Waals surface area (Å²) in [4.78, 5) is 0. The molecule has 3 heteroatoms. The monoisotopic (exact) mass is 187 g/mol. The Morgan fingerprint density at radius 2 is 2.21 bits per heavy atom. The van der Waals surface area contributed by atoms with Gasteiger partial charge in [-0.25, -0.2) is 0 Å². The number of nitriles is 1. The molecule has 0 atom stereocenters. The molecule has 1 fully saturated rings. The van der Waals surface area contributed by atoms with Crippen LogP contribution < -0.4 is 11.1 Å². The topological polar surface area (TPSA) is 61.8 Å². The molecule has 0 saturated heterocycles. The number of hydrogen-bond donors (Lipinski definition) is 2. The first-order valence-electron chi connectivity index (χ1n) is 4.86. The van der Waals surface area contributed by atoms with Gasteiger partial charge in [-0.2, -0.15) is 5.26 Å². The molecule has 14 heavy (non-hydrogen) atoms. The van der Waals surface area contributed by atoms with Crippen molar-refractivity contribution in [1.29, 1.82) is 5.26 Å². The zero-order valence-electron chi connectivity index (χ0n) is 7.96. The molecule has 0 spiro atoms. The number of nitrogens with zero attached hydrogens (tertiary/aromatic N) is 1. The third kappa shape index (κ3) is 1.64. The highest BCUT2D eigenvalue weighted by molar-refractivity contribution is 5.62. The summed E-state index contributed by atoms with van der Waals surface area (Å²) in [6.45, 7) is 0. The molecule has 1 aliphatic rings. The molecule has 3 nitrogen and oxygen atoms in total. The Morgan fingerprint density at radius 3 is 2.79 bits per heavy atom. The van der Waals surface area contributed by atoms with Crippen LogP contribution in [0.3, 0.4) is 0 Å². The van der Waals surface area contributed by atoms with E-state index >= 15 is 0 Å². The SMILES string of the molecule is N#Cc1cc(NC2CCC2)ccc1N. The standard InChI is InChI=1S/C11H13N3/c12-7-8-6-10(4-5-11(8)13)14-9-2-1-3-9/h4-6,9,14H,1-3,13H2. The number of anilines is 2. The minimum atomic E-state index is 0.548. The first-order valence-corrected chi connectivity index (χ1v) is 4.86. The maximum Gasteiger partial charge on any atom is 0.101 e. The van der Waals surface area contributed by atoms with Crippen molar-refractivity contribution in [2.45, 2.75) is 25.3 Å². The Balaban J connectivity index is 2.14. The number of nitrogen functional groups attached to an aromatic ring is 1. The summed E-state index contributed by atoms with van der Waals surface area (Å²) < 4.78 is 0. The second-order valence-electron chi connectivity index (χ2n) is 3.69. The minimum absolute atomic E-state index is 0.548. The van der Waals surface area contributed by atoms with Gasteiger partial charge in [0.05, 0.1) is 5.56 Å². The maximum absolute atomic E-state index is 8.79. The lowest BCUT2D eigenvalue weighted by Crippen LogP contribution is -2.26. The second kappa shape index (κ2) is 3.59. The summed E-state index contributed by atoms with van der Waals surface area (Å²) in [5, 5.41) is 12.2. The van der Waals surface area contributed by atoms with E-state index in [4.69, 9.17) is 11.0 Å². The lowest BCUT2D eigenvalue weighted by Gasteiger charge is -2.27. The Kier molecular flexibility index (Phi) is 2.28. The molecule has 0 heterocycles. The Labute approximate surface area is 83.5 Å². The van der Waals surface area contributed by atoms with Crippen molar-refractivity contribution in [2.24, 2.45) is 0 Å². The normalized spacial score (nSPS) is 15.6. The Morgan fingerprint density at radius 1 is 1.43 bits per heavy atom. The van der Waals surface area contributed by atoms with Gasteiger partial charge >= 0.3 is 0 Å². The van der Waals surface area contributed by atoms with Crippen LogP contribution in [0.2, 0.25) is 0 Å². The Hall–Kier alpha value is -1.69. The third-order valence-corrected chi connectivity index (χ3v) is 2.65. The van der Waals surface area contributed by atoms with E-state index in [-0.39, 0.29) is 0 Å². The van der Waals surface area contributed by atoms with Crippen LogP contribution in [0.4, 0.5) is 11.4 Å². The minimum Gasteiger partial charge on any atom is -0.398 e. The zero-order chi connectivity index (χ0) is 9.97.